The Labute approximate surface area is 197 Å². The number of halogens is 1. The molecular weight excluding hydrogens is 446 g/mol. The standard InChI is InChI=1S/C23H25N5O4.ClH/c29-22-21(18-13-17(28(31)32)4-6-19(18)25-22)20-5-3-15(14-24-20)23(30)27-11-7-16(8-12-27)26-9-1-2-10-26;/h3-6,13-14,16,21H,1-2,7-12H2,(H,25,29);1H. The molecule has 0 radical (unpaired) electrons. The Balaban J connectivity index is 0.00000259. The van der Waals surface area contributed by atoms with Crippen LogP contribution >= 0.6 is 12.4 Å². The van der Waals surface area contributed by atoms with Gasteiger partial charge in [0.25, 0.3) is 11.6 Å². The third-order valence-corrected chi connectivity index (χ3v) is 6.81. The number of nitrogens with one attached hydrogen (secondary N) is 1. The van der Waals surface area contributed by atoms with E-state index in [1.54, 1.807) is 12.1 Å². The summed E-state index contributed by atoms with van der Waals surface area (Å²) >= 11 is 0. The van der Waals surface area contributed by atoms with E-state index in [9.17, 15) is 19.7 Å². The number of piperidine rings is 1. The second-order valence-electron chi connectivity index (χ2n) is 8.69. The number of hydrogen-bond acceptors (Lipinski definition) is 6. The molecular formula is C23H26ClN5O4. The smallest absolute Gasteiger partial charge is 0.269 e. The van der Waals surface area contributed by atoms with Crippen LogP contribution in [0.15, 0.2) is 36.5 Å². The van der Waals surface area contributed by atoms with Gasteiger partial charge in [0.2, 0.25) is 5.91 Å². The summed E-state index contributed by atoms with van der Waals surface area (Å²) in [6, 6.07) is 8.25. The summed E-state index contributed by atoms with van der Waals surface area (Å²) in [5.41, 5.74) is 1.96. The van der Waals surface area contributed by atoms with Crippen molar-refractivity contribution in [1.82, 2.24) is 14.8 Å². The SMILES string of the molecule is Cl.O=C1Nc2ccc([N+](=O)[O-])cc2C1c1ccc(C(=O)N2CCC(N3CCCC3)CC2)cn1. The van der Waals surface area contributed by atoms with E-state index < -0.39 is 10.8 Å². The van der Waals surface area contributed by atoms with Crippen LogP contribution in [0.1, 0.15) is 53.2 Å². The molecule has 174 valence electrons. The van der Waals surface area contributed by atoms with Gasteiger partial charge in [0.15, 0.2) is 0 Å². The second kappa shape index (κ2) is 9.44. The van der Waals surface area contributed by atoms with Crippen LogP contribution in [0.25, 0.3) is 0 Å². The van der Waals surface area contributed by atoms with Gasteiger partial charge in [-0.15, -0.1) is 12.4 Å². The average molecular weight is 472 g/mol. The fraction of sp³-hybridized carbons (Fsp3) is 0.435. The van der Waals surface area contributed by atoms with Crippen LogP contribution in [-0.4, -0.2) is 63.7 Å². The maximum atomic E-state index is 13.0. The van der Waals surface area contributed by atoms with E-state index in [1.165, 1.54) is 50.3 Å². The first-order chi connectivity index (χ1) is 15.5. The average Bonchev–Trinajstić information content (AvgIpc) is 3.46. The maximum absolute atomic E-state index is 13.0. The molecule has 1 aromatic carbocycles. The summed E-state index contributed by atoms with van der Waals surface area (Å²) in [5.74, 6) is -1.06. The summed E-state index contributed by atoms with van der Waals surface area (Å²) in [6.45, 7) is 3.82. The van der Waals surface area contributed by atoms with Crippen molar-refractivity contribution in [3.8, 4) is 0 Å². The van der Waals surface area contributed by atoms with Gasteiger partial charge in [-0.25, -0.2) is 0 Å². The maximum Gasteiger partial charge on any atom is 0.269 e. The molecule has 10 heteroatoms. The number of anilines is 1. The number of fused-ring (bicyclic) bond motifs is 1. The first-order valence-electron chi connectivity index (χ1n) is 11.1. The molecule has 3 aliphatic heterocycles. The predicted molar refractivity (Wildman–Crippen MR) is 125 cm³/mol. The molecule has 0 aliphatic carbocycles. The van der Waals surface area contributed by atoms with Crippen LogP contribution in [0, 0.1) is 10.1 Å². The largest absolute Gasteiger partial charge is 0.338 e. The molecule has 3 aliphatic rings. The van der Waals surface area contributed by atoms with Gasteiger partial charge in [0.05, 0.1) is 16.2 Å². The number of nitrogens with zero attached hydrogens (tertiary/aromatic N) is 4. The van der Waals surface area contributed by atoms with Crippen molar-refractivity contribution in [3.05, 3.63) is 63.5 Å². The molecule has 0 saturated carbocycles. The Morgan fingerprint density at radius 2 is 1.82 bits per heavy atom. The van der Waals surface area contributed by atoms with E-state index in [4.69, 9.17) is 0 Å². The van der Waals surface area contributed by atoms with Crippen molar-refractivity contribution in [2.75, 3.05) is 31.5 Å². The minimum atomic E-state index is -0.731. The first kappa shape index (κ1) is 23.1. The molecule has 1 atom stereocenters. The van der Waals surface area contributed by atoms with E-state index in [0.717, 1.165) is 25.9 Å². The lowest BCUT2D eigenvalue weighted by atomic mass is 9.95. The second-order valence-corrected chi connectivity index (χ2v) is 8.69. The molecule has 1 N–H and O–H groups in total. The first-order valence-corrected chi connectivity index (χ1v) is 11.1. The summed E-state index contributed by atoms with van der Waals surface area (Å²) in [7, 11) is 0. The number of pyridine rings is 1. The van der Waals surface area contributed by atoms with E-state index in [2.05, 4.69) is 15.2 Å². The van der Waals surface area contributed by atoms with Crippen molar-refractivity contribution in [3.63, 3.8) is 0 Å². The highest BCUT2D eigenvalue weighted by Crippen LogP contribution is 2.38. The quantitative estimate of drug-likeness (QED) is 0.541. The van der Waals surface area contributed by atoms with Crippen molar-refractivity contribution in [1.29, 1.82) is 0 Å². The number of likely N-dealkylation sites (tertiary alicyclic amines) is 2. The number of carbonyl (C=O) groups is 2. The molecule has 5 rings (SSSR count). The van der Waals surface area contributed by atoms with Gasteiger partial charge < -0.3 is 15.1 Å². The zero-order valence-corrected chi connectivity index (χ0v) is 18.9. The minimum Gasteiger partial charge on any atom is -0.338 e. The fourth-order valence-electron chi connectivity index (χ4n) is 5.08. The lowest BCUT2D eigenvalue weighted by Crippen LogP contribution is -2.45. The number of non-ortho nitro benzene ring substituents is 1. The summed E-state index contributed by atoms with van der Waals surface area (Å²) < 4.78 is 0. The van der Waals surface area contributed by atoms with Gasteiger partial charge in [-0.1, -0.05) is 0 Å². The van der Waals surface area contributed by atoms with Gasteiger partial charge in [0, 0.05) is 48.7 Å². The van der Waals surface area contributed by atoms with Crippen LogP contribution in [0.4, 0.5) is 11.4 Å². The minimum absolute atomic E-state index is 0. The number of benzene rings is 1. The van der Waals surface area contributed by atoms with Crippen LogP contribution in [0.2, 0.25) is 0 Å². The van der Waals surface area contributed by atoms with Gasteiger partial charge in [-0.2, -0.15) is 0 Å². The number of rotatable bonds is 4. The molecule has 0 spiro atoms. The Hall–Kier alpha value is -3.04. The lowest BCUT2D eigenvalue weighted by molar-refractivity contribution is -0.384. The van der Waals surface area contributed by atoms with Crippen LogP contribution in [-0.2, 0) is 4.79 Å². The zero-order valence-electron chi connectivity index (χ0n) is 18.1. The lowest BCUT2D eigenvalue weighted by Gasteiger charge is -2.36. The highest BCUT2D eigenvalue weighted by molar-refractivity contribution is 6.05. The Morgan fingerprint density at radius 1 is 1.09 bits per heavy atom. The predicted octanol–water partition coefficient (Wildman–Crippen LogP) is 3.20. The highest BCUT2D eigenvalue weighted by Gasteiger charge is 2.35. The Morgan fingerprint density at radius 3 is 2.45 bits per heavy atom. The van der Waals surface area contributed by atoms with Crippen molar-refractivity contribution < 1.29 is 14.5 Å². The third-order valence-electron chi connectivity index (χ3n) is 6.81. The Bertz CT molecular complexity index is 1060. The number of aromatic nitrogens is 1. The van der Waals surface area contributed by atoms with E-state index in [-0.39, 0.29) is 29.9 Å². The van der Waals surface area contributed by atoms with Crippen molar-refractivity contribution in [2.24, 2.45) is 0 Å². The number of nitro groups is 1. The molecule has 4 heterocycles. The molecule has 0 bridgehead atoms. The van der Waals surface area contributed by atoms with Gasteiger partial charge >= 0.3 is 0 Å². The number of amides is 2. The zero-order chi connectivity index (χ0) is 22.2. The highest BCUT2D eigenvalue weighted by atomic mass is 35.5. The van der Waals surface area contributed by atoms with Crippen molar-refractivity contribution in [2.45, 2.75) is 37.6 Å². The Kier molecular flexibility index (Phi) is 6.62. The fourth-order valence-corrected chi connectivity index (χ4v) is 5.08. The third kappa shape index (κ3) is 4.43. The number of hydrogen-bond donors (Lipinski definition) is 1. The van der Waals surface area contributed by atoms with Crippen LogP contribution < -0.4 is 5.32 Å². The number of nitro benzene ring substituents is 1. The van der Waals surface area contributed by atoms with E-state index in [0.29, 0.717) is 28.6 Å². The molecule has 1 unspecified atom stereocenters. The molecule has 2 amide bonds. The van der Waals surface area contributed by atoms with Gasteiger partial charge in [0.1, 0.15) is 5.92 Å². The van der Waals surface area contributed by atoms with Crippen LogP contribution in [0.3, 0.4) is 0 Å². The van der Waals surface area contributed by atoms with Gasteiger partial charge in [-0.3, -0.25) is 24.7 Å². The van der Waals surface area contributed by atoms with Crippen LogP contribution in [0.5, 0.6) is 0 Å². The summed E-state index contributed by atoms with van der Waals surface area (Å²) in [5, 5.41) is 13.9. The van der Waals surface area contributed by atoms with E-state index >= 15 is 0 Å². The summed E-state index contributed by atoms with van der Waals surface area (Å²) in [6.07, 6.45) is 6.04. The summed E-state index contributed by atoms with van der Waals surface area (Å²) in [4.78, 5) is 44.9. The molecule has 1 aromatic heterocycles. The molecule has 9 nitrogen and oxygen atoms in total. The molecule has 33 heavy (non-hydrogen) atoms. The molecule has 2 fully saturated rings. The number of carbonyl (C=O) groups excluding carboxylic acids is 2. The van der Waals surface area contributed by atoms with E-state index in [1.807, 2.05) is 4.90 Å². The van der Waals surface area contributed by atoms with Crippen molar-refractivity contribution >= 4 is 35.6 Å². The molecule has 2 saturated heterocycles. The normalized spacial score (nSPS) is 20.8. The monoisotopic (exact) mass is 471 g/mol. The topological polar surface area (TPSA) is 109 Å². The van der Waals surface area contributed by atoms with Gasteiger partial charge in [-0.05, 0) is 57.0 Å². The molecule has 2 aromatic rings.